The molecule has 0 saturated carbocycles. The number of anilines is 1. The van der Waals surface area contributed by atoms with E-state index in [-0.39, 0.29) is 11.4 Å². The fraction of sp³-hybridized carbons (Fsp3) is 0.533. The van der Waals surface area contributed by atoms with Crippen LogP contribution in [0.3, 0.4) is 0 Å². The van der Waals surface area contributed by atoms with Crippen LogP contribution in [0.25, 0.3) is 0 Å². The molecule has 0 unspecified atom stereocenters. The van der Waals surface area contributed by atoms with Gasteiger partial charge in [0.1, 0.15) is 0 Å². The quantitative estimate of drug-likeness (QED) is 0.744. The van der Waals surface area contributed by atoms with Crippen LogP contribution in [-0.2, 0) is 6.54 Å². The third-order valence-electron chi connectivity index (χ3n) is 2.89. The van der Waals surface area contributed by atoms with Crippen LogP contribution >= 0.6 is 0 Å². The lowest BCUT2D eigenvalue weighted by Crippen LogP contribution is -2.41. The van der Waals surface area contributed by atoms with E-state index in [1.165, 1.54) is 0 Å². The molecule has 1 rings (SSSR count). The number of urea groups is 1. The second-order valence-corrected chi connectivity index (χ2v) is 6.11. The van der Waals surface area contributed by atoms with Crippen molar-refractivity contribution in [2.45, 2.75) is 20.4 Å². The zero-order valence-corrected chi connectivity index (χ0v) is 12.9. The highest BCUT2D eigenvalue weighted by Crippen LogP contribution is 2.14. The van der Waals surface area contributed by atoms with E-state index >= 15 is 0 Å². The highest BCUT2D eigenvalue weighted by atomic mass is 16.2. The predicted octanol–water partition coefficient (Wildman–Crippen LogP) is 1.85. The molecule has 1 aromatic rings. The molecule has 0 aliphatic heterocycles. The van der Waals surface area contributed by atoms with Gasteiger partial charge in [-0.15, -0.1) is 0 Å². The maximum atomic E-state index is 11.9. The monoisotopic (exact) mass is 278 g/mol. The summed E-state index contributed by atoms with van der Waals surface area (Å²) in [6.07, 6.45) is 0. The molecule has 0 atom stereocenters. The Morgan fingerprint density at radius 1 is 1.35 bits per heavy atom. The summed E-state index contributed by atoms with van der Waals surface area (Å²) in [5, 5.41) is 5.73. The van der Waals surface area contributed by atoms with Gasteiger partial charge in [0.05, 0.1) is 0 Å². The fourth-order valence-electron chi connectivity index (χ4n) is 2.18. The average molecular weight is 278 g/mol. The summed E-state index contributed by atoms with van der Waals surface area (Å²) in [6, 6.07) is 7.36. The average Bonchev–Trinajstić information content (AvgIpc) is 2.35. The van der Waals surface area contributed by atoms with E-state index in [1.807, 2.05) is 38.4 Å². The molecule has 0 saturated heterocycles. The number of carbonyl (C=O) groups is 1. The molecule has 20 heavy (non-hydrogen) atoms. The molecule has 0 aromatic heterocycles. The van der Waals surface area contributed by atoms with Crippen molar-refractivity contribution >= 4 is 11.7 Å². The number of amides is 2. The first-order valence-electron chi connectivity index (χ1n) is 6.81. The molecule has 0 aliphatic carbocycles. The van der Waals surface area contributed by atoms with Crippen molar-refractivity contribution in [2.75, 3.05) is 32.5 Å². The maximum absolute atomic E-state index is 11.9. The van der Waals surface area contributed by atoms with Gasteiger partial charge in [-0.1, -0.05) is 26.0 Å². The topological polar surface area (TPSA) is 70.4 Å². The van der Waals surface area contributed by atoms with Gasteiger partial charge in [-0.25, -0.2) is 4.79 Å². The molecule has 5 nitrogen and oxygen atoms in total. The Morgan fingerprint density at radius 3 is 2.65 bits per heavy atom. The summed E-state index contributed by atoms with van der Waals surface area (Å²) in [6.45, 7) is 6.25. The number of nitrogens with two attached hydrogens (primary N) is 1. The molecule has 0 fully saturated rings. The van der Waals surface area contributed by atoms with Crippen molar-refractivity contribution in [1.82, 2.24) is 10.2 Å². The lowest BCUT2D eigenvalue weighted by molar-refractivity contribution is 0.222. The lowest BCUT2D eigenvalue weighted by atomic mass is 9.93. The lowest BCUT2D eigenvalue weighted by Gasteiger charge is -2.28. The van der Waals surface area contributed by atoms with Crippen LogP contribution in [0, 0.1) is 5.41 Å². The van der Waals surface area contributed by atoms with Gasteiger partial charge >= 0.3 is 6.03 Å². The first-order chi connectivity index (χ1) is 9.32. The maximum Gasteiger partial charge on any atom is 0.319 e. The van der Waals surface area contributed by atoms with E-state index < -0.39 is 0 Å². The normalized spacial score (nSPS) is 11.5. The second kappa shape index (κ2) is 7.26. The van der Waals surface area contributed by atoms with Gasteiger partial charge in [0.15, 0.2) is 0 Å². The Morgan fingerprint density at radius 2 is 2.05 bits per heavy atom. The zero-order valence-electron chi connectivity index (χ0n) is 12.9. The van der Waals surface area contributed by atoms with Crippen molar-refractivity contribution in [1.29, 1.82) is 0 Å². The summed E-state index contributed by atoms with van der Waals surface area (Å²) >= 11 is 0. The van der Waals surface area contributed by atoms with Crippen molar-refractivity contribution in [2.24, 2.45) is 11.1 Å². The molecule has 4 N–H and O–H groups in total. The van der Waals surface area contributed by atoms with Crippen LogP contribution in [0.5, 0.6) is 0 Å². The largest absolute Gasteiger partial charge is 0.337 e. The summed E-state index contributed by atoms with van der Waals surface area (Å²) < 4.78 is 0. The van der Waals surface area contributed by atoms with E-state index in [0.29, 0.717) is 13.1 Å². The fourth-order valence-corrected chi connectivity index (χ4v) is 2.18. The molecule has 112 valence electrons. The number of benzene rings is 1. The van der Waals surface area contributed by atoms with Gasteiger partial charge in [0.25, 0.3) is 0 Å². The van der Waals surface area contributed by atoms with E-state index in [9.17, 15) is 4.79 Å². The first kappa shape index (κ1) is 16.5. The molecule has 0 bridgehead atoms. The number of carbonyl (C=O) groups excluding carboxylic acids is 1. The highest BCUT2D eigenvalue weighted by molar-refractivity contribution is 5.89. The second-order valence-electron chi connectivity index (χ2n) is 6.11. The molecule has 0 spiro atoms. The van der Waals surface area contributed by atoms with E-state index in [2.05, 4.69) is 29.4 Å². The molecule has 0 aliphatic rings. The highest BCUT2D eigenvalue weighted by Gasteiger charge is 2.19. The number of nitrogens with one attached hydrogen (secondary N) is 2. The van der Waals surface area contributed by atoms with Gasteiger partial charge in [0.2, 0.25) is 0 Å². The molecule has 1 aromatic carbocycles. The summed E-state index contributed by atoms with van der Waals surface area (Å²) in [5.74, 6) is 0. The van der Waals surface area contributed by atoms with Crippen LogP contribution < -0.4 is 16.4 Å². The van der Waals surface area contributed by atoms with Gasteiger partial charge in [-0.2, -0.15) is 0 Å². The van der Waals surface area contributed by atoms with Gasteiger partial charge in [0, 0.05) is 25.3 Å². The van der Waals surface area contributed by atoms with E-state index in [1.54, 1.807) is 0 Å². The number of rotatable bonds is 6. The van der Waals surface area contributed by atoms with Crippen molar-refractivity contribution in [3.05, 3.63) is 29.8 Å². The van der Waals surface area contributed by atoms with Crippen LogP contribution in [0.2, 0.25) is 0 Å². The van der Waals surface area contributed by atoms with E-state index in [4.69, 9.17) is 5.73 Å². The van der Waals surface area contributed by atoms with Crippen molar-refractivity contribution < 1.29 is 4.79 Å². The summed E-state index contributed by atoms with van der Waals surface area (Å²) in [5.41, 5.74) is 7.36. The zero-order chi connectivity index (χ0) is 15.2. The van der Waals surface area contributed by atoms with Gasteiger partial charge in [-0.3, -0.25) is 0 Å². The van der Waals surface area contributed by atoms with Crippen LogP contribution in [0.15, 0.2) is 24.3 Å². The minimum atomic E-state index is -0.189. The van der Waals surface area contributed by atoms with Crippen molar-refractivity contribution in [3.8, 4) is 0 Å². The summed E-state index contributed by atoms with van der Waals surface area (Å²) in [7, 11) is 4.06. The Balaban J connectivity index is 2.47. The summed E-state index contributed by atoms with van der Waals surface area (Å²) in [4.78, 5) is 14.0. The predicted molar refractivity (Wildman–Crippen MR) is 83.7 cm³/mol. The van der Waals surface area contributed by atoms with Crippen LogP contribution in [0.4, 0.5) is 10.5 Å². The van der Waals surface area contributed by atoms with Crippen molar-refractivity contribution in [3.63, 3.8) is 0 Å². The molecular formula is C15H26N4O. The Bertz CT molecular complexity index is 443. The Kier molecular flexibility index (Phi) is 5.98. The Hall–Kier alpha value is -1.59. The Labute approximate surface area is 121 Å². The van der Waals surface area contributed by atoms with E-state index in [0.717, 1.165) is 17.8 Å². The standard InChI is InChI=1S/C15H26N4O/c1-15(2,11-19(3)4)10-17-14(20)18-13-7-5-6-12(8-13)9-16/h5-8H,9-11,16H2,1-4H3,(H2,17,18,20). The number of hydrogen-bond acceptors (Lipinski definition) is 3. The smallest absolute Gasteiger partial charge is 0.319 e. The first-order valence-corrected chi connectivity index (χ1v) is 6.81. The third-order valence-corrected chi connectivity index (χ3v) is 2.89. The molecule has 0 heterocycles. The third kappa shape index (κ3) is 6.04. The minimum Gasteiger partial charge on any atom is -0.337 e. The molecule has 5 heteroatoms. The molecule has 2 amide bonds. The minimum absolute atomic E-state index is 0.0277. The van der Waals surface area contributed by atoms with Gasteiger partial charge in [-0.05, 0) is 37.2 Å². The molecule has 0 radical (unpaired) electrons. The van der Waals surface area contributed by atoms with Gasteiger partial charge < -0.3 is 21.3 Å². The van der Waals surface area contributed by atoms with Crippen LogP contribution in [0.1, 0.15) is 19.4 Å². The molecular weight excluding hydrogens is 252 g/mol. The number of hydrogen-bond donors (Lipinski definition) is 3. The number of nitrogens with zero attached hydrogens (tertiary/aromatic N) is 1. The SMILES string of the molecule is CN(C)CC(C)(C)CNC(=O)Nc1cccc(CN)c1. The van der Waals surface area contributed by atoms with Crippen LogP contribution in [-0.4, -0.2) is 38.1 Å².